The number of rotatable bonds is 2. The van der Waals surface area contributed by atoms with Crippen molar-refractivity contribution in [3.63, 3.8) is 0 Å². The van der Waals surface area contributed by atoms with Crippen LogP contribution in [-0.4, -0.2) is 29.8 Å². The Hall–Kier alpha value is -0.960. The molecule has 2 rings (SSSR count). The summed E-state index contributed by atoms with van der Waals surface area (Å²) < 4.78 is 5.39. The van der Waals surface area contributed by atoms with Crippen LogP contribution >= 0.6 is 0 Å². The van der Waals surface area contributed by atoms with E-state index in [9.17, 15) is 0 Å². The third-order valence-electron chi connectivity index (χ3n) is 2.06. The zero-order chi connectivity index (χ0) is 10.7. The van der Waals surface area contributed by atoms with E-state index in [4.69, 9.17) is 9.78 Å². The van der Waals surface area contributed by atoms with Gasteiger partial charge in [0.1, 0.15) is 0 Å². The van der Waals surface area contributed by atoms with Crippen molar-refractivity contribution >= 4 is 24.8 Å². The fourth-order valence-corrected chi connectivity index (χ4v) is 1.97. The summed E-state index contributed by atoms with van der Waals surface area (Å²) in [6.07, 6.45) is 0. The fraction of sp³-hybridized carbons (Fsp3) is 0. The van der Waals surface area contributed by atoms with Crippen molar-refractivity contribution in [2.45, 2.75) is 0 Å². The van der Waals surface area contributed by atoms with Gasteiger partial charge in [-0.1, -0.05) is 0 Å². The Kier molecular flexibility index (Phi) is 3.31. The Morgan fingerprint density at radius 2 is 1.87 bits per heavy atom. The van der Waals surface area contributed by atoms with Gasteiger partial charge >= 0.3 is 105 Å². The van der Waals surface area contributed by atoms with Crippen LogP contribution in [0.1, 0.15) is 5.69 Å². The first-order chi connectivity index (χ1) is 7.31. The first-order valence-electron chi connectivity index (χ1n) is 4.50. The molecule has 3 heteroatoms. The van der Waals surface area contributed by atoms with Crippen LogP contribution in [0, 0.1) is 6.92 Å². The number of benzene rings is 1. The van der Waals surface area contributed by atoms with Crippen LogP contribution in [0.15, 0.2) is 42.5 Å². The molecule has 0 saturated heterocycles. The molecule has 1 heterocycles. The van der Waals surface area contributed by atoms with E-state index >= 15 is 0 Å². The molecule has 0 atom stereocenters. The van der Waals surface area contributed by atoms with E-state index < -0.39 is 0 Å². The molecule has 1 aromatic carbocycles. The zero-order valence-electron chi connectivity index (χ0n) is 8.05. The number of aromatic nitrogens is 1. The number of pyridine rings is 1. The summed E-state index contributed by atoms with van der Waals surface area (Å²) in [4.78, 5) is 4.26. The third kappa shape index (κ3) is 2.34. The molecule has 0 N–H and O–H groups in total. The SMILES string of the molecule is [CH]c1cccc(-c2ccccc2[O][In])n1. The van der Waals surface area contributed by atoms with Crippen molar-refractivity contribution in [2.75, 3.05) is 0 Å². The second-order valence-electron chi connectivity index (χ2n) is 3.06. The van der Waals surface area contributed by atoms with Crippen LogP contribution < -0.4 is 2.85 Å². The first kappa shape index (κ1) is 10.6. The van der Waals surface area contributed by atoms with Gasteiger partial charge in [-0.25, -0.2) is 0 Å². The van der Waals surface area contributed by atoms with Gasteiger partial charge in [0, 0.05) is 0 Å². The Bertz CT molecular complexity index is 471. The molecular weight excluding hydrogens is 289 g/mol. The van der Waals surface area contributed by atoms with Gasteiger partial charge in [0.2, 0.25) is 0 Å². The van der Waals surface area contributed by atoms with Gasteiger partial charge in [0.25, 0.3) is 0 Å². The van der Waals surface area contributed by atoms with Crippen molar-refractivity contribution in [3.05, 3.63) is 55.1 Å². The molecular formula is C12H8InNO. The van der Waals surface area contributed by atoms with Gasteiger partial charge in [-0.2, -0.15) is 0 Å². The van der Waals surface area contributed by atoms with Crippen LogP contribution in [0.2, 0.25) is 0 Å². The molecule has 15 heavy (non-hydrogen) atoms. The molecule has 2 aromatic rings. The van der Waals surface area contributed by atoms with Crippen molar-refractivity contribution in [1.82, 2.24) is 4.98 Å². The number of hydrogen-bond donors (Lipinski definition) is 0. The summed E-state index contributed by atoms with van der Waals surface area (Å²) in [6.45, 7) is 5.64. The Morgan fingerprint density at radius 3 is 2.60 bits per heavy atom. The number of nitrogens with zero attached hydrogens (tertiary/aromatic N) is 1. The minimum absolute atomic E-state index is 0.523. The van der Waals surface area contributed by atoms with E-state index in [1.165, 1.54) is 0 Å². The summed E-state index contributed by atoms with van der Waals surface area (Å²) in [5.74, 6) is 0.859. The molecule has 0 amide bonds. The zero-order valence-corrected chi connectivity index (χ0v) is 11.3. The molecule has 0 bridgehead atoms. The Balaban J connectivity index is 2.53. The van der Waals surface area contributed by atoms with Crippen molar-refractivity contribution in [2.24, 2.45) is 0 Å². The predicted octanol–water partition coefficient (Wildman–Crippen LogP) is 2.27. The normalized spacial score (nSPS) is 9.93. The quantitative estimate of drug-likeness (QED) is 0.848. The Labute approximate surface area is 104 Å². The third-order valence-corrected chi connectivity index (χ3v) is 2.79. The Morgan fingerprint density at radius 1 is 1.07 bits per heavy atom. The predicted molar refractivity (Wildman–Crippen MR) is 59.5 cm³/mol. The monoisotopic (exact) mass is 297 g/mol. The standard InChI is InChI=1S/C12H9NO.In/c1-9-5-4-7-11(13-9)10-6-2-3-8-12(10)14;/h1-8,14H;/q;+1/p-1. The van der Waals surface area contributed by atoms with E-state index in [1.54, 1.807) is 6.07 Å². The molecule has 4 radical (unpaired) electrons. The van der Waals surface area contributed by atoms with Crippen molar-refractivity contribution < 1.29 is 2.85 Å². The van der Waals surface area contributed by atoms with E-state index in [-0.39, 0.29) is 0 Å². The van der Waals surface area contributed by atoms with Crippen LogP contribution in [0.3, 0.4) is 0 Å². The summed E-state index contributed by atoms with van der Waals surface area (Å²) in [5, 5.41) is 0. The van der Waals surface area contributed by atoms with Crippen molar-refractivity contribution in [1.29, 1.82) is 0 Å². The van der Waals surface area contributed by atoms with Gasteiger partial charge < -0.3 is 0 Å². The maximum atomic E-state index is 5.64. The average Bonchev–Trinajstić information content (AvgIpc) is 2.29. The first-order valence-corrected chi connectivity index (χ1v) is 5.84. The van der Waals surface area contributed by atoms with Gasteiger partial charge in [-0.05, 0) is 0 Å². The van der Waals surface area contributed by atoms with Gasteiger partial charge in [-0.15, -0.1) is 0 Å². The summed E-state index contributed by atoms with van der Waals surface area (Å²) in [5.41, 5.74) is 2.35. The molecule has 70 valence electrons. The van der Waals surface area contributed by atoms with Gasteiger partial charge in [-0.3, -0.25) is 0 Å². The van der Waals surface area contributed by atoms with E-state index in [1.807, 2.05) is 36.4 Å². The summed E-state index contributed by atoms with van der Waals surface area (Å²) in [6, 6.07) is 13.4. The van der Waals surface area contributed by atoms with Gasteiger partial charge in [0.05, 0.1) is 0 Å². The molecule has 2 nitrogen and oxygen atoms in total. The molecule has 0 aliphatic heterocycles. The second kappa shape index (κ2) is 4.71. The molecule has 0 unspecified atom stereocenters. The summed E-state index contributed by atoms with van der Waals surface area (Å²) in [7, 11) is 0. The average molecular weight is 297 g/mol. The minimum atomic E-state index is 0.523. The molecule has 1 aromatic heterocycles. The molecule has 0 spiro atoms. The topological polar surface area (TPSA) is 22.1 Å². The fourth-order valence-electron chi connectivity index (χ4n) is 1.38. The van der Waals surface area contributed by atoms with E-state index in [2.05, 4.69) is 4.98 Å². The molecule has 0 aliphatic carbocycles. The van der Waals surface area contributed by atoms with Crippen LogP contribution in [0.5, 0.6) is 5.75 Å². The van der Waals surface area contributed by atoms with Crippen LogP contribution in [-0.2, 0) is 0 Å². The number of hydrogen-bond acceptors (Lipinski definition) is 2. The van der Waals surface area contributed by atoms with Crippen molar-refractivity contribution in [3.8, 4) is 17.0 Å². The van der Waals surface area contributed by atoms with Crippen LogP contribution in [0.25, 0.3) is 11.3 Å². The van der Waals surface area contributed by atoms with E-state index in [0.717, 1.165) is 41.8 Å². The molecule has 0 saturated carbocycles. The summed E-state index contributed by atoms with van der Waals surface area (Å²) >= 11 is 0.728. The maximum absolute atomic E-state index is 5.64. The van der Waals surface area contributed by atoms with Crippen LogP contribution in [0.4, 0.5) is 0 Å². The van der Waals surface area contributed by atoms with Gasteiger partial charge in [0.15, 0.2) is 0 Å². The molecule has 0 fully saturated rings. The second-order valence-corrected chi connectivity index (χ2v) is 3.73. The van der Waals surface area contributed by atoms with E-state index in [0.29, 0.717) is 5.69 Å². The number of para-hydroxylation sites is 1. The molecule has 0 aliphatic rings.